The number of halogens is 1. The van der Waals surface area contributed by atoms with Gasteiger partial charge in [-0.05, 0) is 48.9 Å². The number of nitrogens with zero attached hydrogens (tertiary/aromatic N) is 5. The highest BCUT2D eigenvalue weighted by Gasteiger charge is 2.11. The molecule has 154 valence electrons. The molecule has 0 atom stereocenters. The van der Waals surface area contributed by atoms with E-state index in [-0.39, 0.29) is 5.69 Å². The highest BCUT2D eigenvalue weighted by atomic mass is 79.9. The Balaban J connectivity index is 1.86. The molecular formula is C22H16BrN5O2S. The molecule has 0 spiro atoms. The number of benzene rings is 2. The quantitative estimate of drug-likeness (QED) is 0.200. The van der Waals surface area contributed by atoms with Gasteiger partial charge >= 0.3 is 0 Å². The minimum absolute atomic E-state index is 0.0420. The molecule has 0 aliphatic carbocycles. The van der Waals surface area contributed by atoms with Crippen molar-refractivity contribution >= 4 is 44.4 Å². The summed E-state index contributed by atoms with van der Waals surface area (Å²) in [5.74, 6) is 0. The maximum Gasteiger partial charge on any atom is 0.269 e. The molecule has 4 rings (SSSR count). The number of thiazole rings is 1. The van der Waals surface area contributed by atoms with Crippen molar-refractivity contribution in [3.05, 3.63) is 103 Å². The molecule has 9 heteroatoms. The van der Waals surface area contributed by atoms with Gasteiger partial charge < -0.3 is 0 Å². The van der Waals surface area contributed by atoms with Crippen LogP contribution in [-0.4, -0.2) is 20.3 Å². The van der Waals surface area contributed by atoms with Gasteiger partial charge in [0.1, 0.15) is 0 Å². The van der Waals surface area contributed by atoms with Crippen molar-refractivity contribution < 1.29 is 4.92 Å². The highest BCUT2D eigenvalue weighted by molar-refractivity contribution is 9.10. The number of nitro groups is 1. The molecule has 7 nitrogen and oxygen atoms in total. The molecule has 2 aromatic heterocycles. The maximum atomic E-state index is 11.0. The van der Waals surface area contributed by atoms with Gasteiger partial charge in [0.25, 0.3) is 5.69 Å². The van der Waals surface area contributed by atoms with Gasteiger partial charge in [-0.3, -0.25) is 15.1 Å². The monoisotopic (exact) mass is 493 g/mol. The molecule has 0 amide bonds. The summed E-state index contributed by atoms with van der Waals surface area (Å²) in [5.41, 5.74) is 4.14. The van der Waals surface area contributed by atoms with Crippen molar-refractivity contribution in [1.29, 1.82) is 0 Å². The van der Waals surface area contributed by atoms with Crippen LogP contribution in [0.15, 0.2) is 93.0 Å². The summed E-state index contributed by atoms with van der Waals surface area (Å²) in [6.07, 6.45) is 3.38. The average molecular weight is 494 g/mol. The largest absolute Gasteiger partial charge is 0.269 e. The number of non-ortho nitro benzene ring substituents is 1. The molecule has 2 heterocycles. The van der Waals surface area contributed by atoms with E-state index in [0.717, 1.165) is 27.0 Å². The SMILES string of the molecule is CC(=Nn1c(-c2ccc([N+](=O)[O-])cc2)csc1=Nc1cccnc1)c1ccc(Br)cc1. The van der Waals surface area contributed by atoms with Gasteiger partial charge in [-0.15, -0.1) is 11.3 Å². The van der Waals surface area contributed by atoms with E-state index in [1.54, 1.807) is 29.2 Å². The fourth-order valence-corrected chi connectivity index (χ4v) is 3.97. The first-order chi connectivity index (χ1) is 15.0. The average Bonchev–Trinajstić information content (AvgIpc) is 3.17. The van der Waals surface area contributed by atoms with Crippen molar-refractivity contribution in [3.8, 4) is 11.3 Å². The number of pyridine rings is 1. The van der Waals surface area contributed by atoms with Crippen LogP contribution in [0.1, 0.15) is 12.5 Å². The van der Waals surface area contributed by atoms with Crippen LogP contribution in [0.2, 0.25) is 0 Å². The van der Waals surface area contributed by atoms with Crippen LogP contribution in [0, 0.1) is 10.1 Å². The summed E-state index contributed by atoms with van der Waals surface area (Å²) < 4.78 is 2.75. The van der Waals surface area contributed by atoms with E-state index in [1.165, 1.54) is 23.5 Å². The summed E-state index contributed by atoms with van der Waals surface area (Å²) in [5, 5.41) is 17.8. The second kappa shape index (κ2) is 9.15. The Hall–Kier alpha value is -3.43. The molecule has 0 radical (unpaired) electrons. The third-order valence-electron chi connectivity index (χ3n) is 4.44. The van der Waals surface area contributed by atoms with Crippen molar-refractivity contribution in [1.82, 2.24) is 9.66 Å². The Kier molecular flexibility index (Phi) is 6.15. The molecule has 0 unspecified atom stereocenters. The topological polar surface area (TPSA) is 85.7 Å². The van der Waals surface area contributed by atoms with Crippen molar-refractivity contribution in [2.45, 2.75) is 6.92 Å². The first-order valence-corrected chi connectivity index (χ1v) is 10.9. The van der Waals surface area contributed by atoms with Crippen LogP contribution in [0.3, 0.4) is 0 Å². The predicted molar refractivity (Wildman–Crippen MR) is 126 cm³/mol. The molecule has 0 saturated carbocycles. The Morgan fingerprint density at radius 2 is 1.87 bits per heavy atom. The third-order valence-corrected chi connectivity index (χ3v) is 5.79. The molecule has 0 bridgehead atoms. The smallest absolute Gasteiger partial charge is 0.262 e. The van der Waals surface area contributed by atoms with Gasteiger partial charge in [-0.25, -0.2) is 9.67 Å². The van der Waals surface area contributed by atoms with Gasteiger partial charge in [-0.1, -0.05) is 28.1 Å². The molecular weight excluding hydrogens is 478 g/mol. The van der Waals surface area contributed by atoms with E-state index < -0.39 is 4.92 Å². The number of nitro benzene ring substituents is 1. The molecule has 31 heavy (non-hydrogen) atoms. The summed E-state index contributed by atoms with van der Waals surface area (Å²) >= 11 is 4.89. The number of rotatable bonds is 5. The lowest BCUT2D eigenvalue weighted by Gasteiger charge is -2.07. The standard InChI is InChI=1S/C22H16BrN5O2S/c1-15(16-4-8-18(23)9-5-16)26-27-21(17-6-10-20(11-7-17)28(29)30)14-31-22(27)25-19-3-2-12-24-13-19/h2-14H,1H3. The van der Waals surface area contributed by atoms with Gasteiger partial charge in [0.05, 0.1) is 28.2 Å². The zero-order chi connectivity index (χ0) is 21.8. The van der Waals surface area contributed by atoms with E-state index in [9.17, 15) is 10.1 Å². The Morgan fingerprint density at radius 3 is 2.52 bits per heavy atom. The predicted octanol–water partition coefficient (Wildman–Crippen LogP) is 5.79. The summed E-state index contributed by atoms with van der Waals surface area (Å²) in [7, 11) is 0. The van der Waals surface area contributed by atoms with Gasteiger partial charge in [0, 0.05) is 33.7 Å². The lowest BCUT2D eigenvalue weighted by molar-refractivity contribution is -0.384. The lowest BCUT2D eigenvalue weighted by Crippen LogP contribution is -2.13. The van der Waals surface area contributed by atoms with Gasteiger partial charge in [0.2, 0.25) is 4.80 Å². The Bertz CT molecular complexity index is 1310. The first kappa shape index (κ1) is 20.8. The number of hydrogen-bond donors (Lipinski definition) is 0. The first-order valence-electron chi connectivity index (χ1n) is 9.23. The van der Waals surface area contributed by atoms with Gasteiger partial charge in [-0.2, -0.15) is 5.10 Å². The van der Waals surface area contributed by atoms with E-state index >= 15 is 0 Å². The zero-order valence-corrected chi connectivity index (χ0v) is 18.7. The van der Waals surface area contributed by atoms with E-state index in [2.05, 4.69) is 20.9 Å². The molecule has 2 aromatic carbocycles. The number of aromatic nitrogens is 2. The Morgan fingerprint density at radius 1 is 1.13 bits per heavy atom. The van der Waals surface area contributed by atoms with E-state index in [1.807, 2.05) is 48.7 Å². The maximum absolute atomic E-state index is 11.0. The summed E-state index contributed by atoms with van der Waals surface area (Å²) in [6.45, 7) is 1.93. The van der Waals surface area contributed by atoms with Crippen LogP contribution < -0.4 is 4.80 Å². The fourth-order valence-electron chi connectivity index (χ4n) is 2.86. The summed E-state index contributed by atoms with van der Waals surface area (Å²) in [6, 6.07) is 18.0. The second-order valence-electron chi connectivity index (χ2n) is 6.53. The highest BCUT2D eigenvalue weighted by Crippen LogP contribution is 2.24. The molecule has 0 fully saturated rings. The minimum atomic E-state index is -0.412. The van der Waals surface area contributed by atoms with E-state index in [4.69, 9.17) is 10.1 Å². The zero-order valence-electron chi connectivity index (χ0n) is 16.3. The van der Waals surface area contributed by atoms with Gasteiger partial charge in [0.15, 0.2) is 0 Å². The van der Waals surface area contributed by atoms with Crippen molar-refractivity contribution in [3.63, 3.8) is 0 Å². The van der Waals surface area contributed by atoms with Crippen molar-refractivity contribution in [2.75, 3.05) is 0 Å². The molecule has 0 aliphatic rings. The summed E-state index contributed by atoms with van der Waals surface area (Å²) in [4.78, 5) is 20.1. The van der Waals surface area contributed by atoms with Crippen molar-refractivity contribution in [2.24, 2.45) is 10.1 Å². The molecule has 0 N–H and O–H groups in total. The van der Waals surface area contributed by atoms with Crippen LogP contribution in [0.25, 0.3) is 11.3 Å². The van der Waals surface area contributed by atoms with Crippen LogP contribution >= 0.6 is 27.3 Å². The number of hydrogen-bond acceptors (Lipinski definition) is 6. The minimum Gasteiger partial charge on any atom is -0.262 e. The second-order valence-corrected chi connectivity index (χ2v) is 8.29. The molecule has 0 aliphatic heterocycles. The molecule has 0 saturated heterocycles. The Labute approximate surface area is 190 Å². The van der Waals surface area contributed by atoms with E-state index in [0.29, 0.717) is 10.5 Å². The van der Waals surface area contributed by atoms with Crippen LogP contribution in [0.4, 0.5) is 11.4 Å². The third kappa shape index (κ3) is 4.84. The fraction of sp³-hybridized carbons (Fsp3) is 0.0455. The normalized spacial score (nSPS) is 12.2. The van der Waals surface area contributed by atoms with Crippen LogP contribution in [-0.2, 0) is 0 Å². The lowest BCUT2D eigenvalue weighted by atomic mass is 10.1. The van der Waals surface area contributed by atoms with Crippen LogP contribution in [0.5, 0.6) is 0 Å². The molecule has 4 aromatic rings.